The molecule has 1 aliphatic rings. The summed E-state index contributed by atoms with van der Waals surface area (Å²) in [6, 6.07) is 21.6. The van der Waals surface area contributed by atoms with Crippen molar-refractivity contribution in [2.75, 3.05) is 11.9 Å². The molecule has 1 fully saturated rings. The number of anilines is 1. The fraction of sp³-hybridized carbons (Fsp3) is 0.258. The number of aryl methyl sites for hydroxylation is 1. The van der Waals surface area contributed by atoms with E-state index < -0.39 is 17.6 Å². The maximum absolute atomic E-state index is 12.8. The van der Waals surface area contributed by atoms with E-state index in [4.69, 9.17) is 14.0 Å². The Labute approximate surface area is 249 Å². The Morgan fingerprint density at radius 1 is 0.975 bits per heavy atom. The molecule has 1 unspecified atom stereocenters. The van der Waals surface area contributed by atoms with Crippen LogP contribution in [0.2, 0.25) is 0 Å². The average molecular weight is 668 g/mol. The lowest BCUT2D eigenvalue weighted by Crippen LogP contribution is -2.23. The second-order valence-corrected chi connectivity index (χ2v) is 11.6. The van der Waals surface area contributed by atoms with Crippen molar-refractivity contribution in [2.24, 2.45) is 0 Å². The second kappa shape index (κ2) is 11.6. The first-order chi connectivity index (χ1) is 19.2. The maximum Gasteiger partial charge on any atom is 0.412 e. The number of ether oxygens (including phenoxy) is 2. The Bertz CT molecular complexity index is 1520. The number of esters is 1. The molecule has 0 bridgehead atoms. The summed E-state index contributed by atoms with van der Waals surface area (Å²) in [6.07, 6.45) is 0.557. The van der Waals surface area contributed by atoms with E-state index in [2.05, 4.69) is 42.3 Å². The van der Waals surface area contributed by atoms with Gasteiger partial charge in [0.25, 0.3) is 0 Å². The van der Waals surface area contributed by atoms with Crippen molar-refractivity contribution >= 4 is 49.6 Å². The number of hydrogen-bond donors (Lipinski definition) is 1. The van der Waals surface area contributed by atoms with Crippen LogP contribution in [-0.2, 0) is 19.7 Å². The first kappa shape index (κ1) is 28.1. The van der Waals surface area contributed by atoms with E-state index in [1.807, 2.05) is 80.6 Å². The summed E-state index contributed by atoms with van der Waals surface area (Å²) in [5, 5.41) is 6.86. The number of nitrogens with one attached hydrogen (secondary N) is 1. The lowest BCUT2D eigenvalue weighted by Gasteiger charge is -2.15. The Morgan fingerprint density at radius 2 is 1.55 bits per heavy atom. The monoisotopic (exact) mass is 666 g/mol. The molecule has 1 N–H and O–H groups in total. The number of rotatable bonds is 8. The van der Waals surface area contributed by atoms with Gasteiger partial charge in [0, 0.05) is 14.5 Å². The summed E-state index contributed by atoms with van der Waals surface area (Å²) in [7, 11) is 0. The van der Waals surface area contributed by atoms with Crippen molar-refractivity contribution in [3.8, 4) is 22.5 Å². The molecule has 5 rings (SSSR count). The van der Waals surface area contributed by atoms with Gasteiger partial charge in [-0.1, -0.05) is 85.5 Å². The molecular weight excluding hydrogens is 640 g/mol. The maximum atomic E-state index is 12.8. The highest BCUT2D eigenvalue weighted by molar-refractivity contribution is 9.11. The van der Waals surface area contributed by atoms with Gasteiger partial charge in [-0.3, -0.25) is 10.1 Å². The largest absolute Gasteiger partial charge is 0.465 e. The normalized spacial score (nSPS) is 14.3. The van der Waals surface area contributed by atoms with Gasteiger partial charge in [-0.25, -0.2) is 4.79 Å². The van der Waals surface area contributed by atoms with E-state index in [1.165, 1.54) is 0 Å². The van der Waals surface area contributed by atoms with Crippen LogP contribution in [-0.4, -0.2) is 23.8 Å². The lowest BCUT2D eigenvalue weighted by molar-refractivity contribution is -0.146. The molecule has 4 aromatic rings. The van der Waals surface area contributed by atoms with Crippen LogP contribution in [0.3, 0.4) is 0 Å². The zero-order valence-corrected chi connectivity index (χ0v) is 25.5. The standard InChI is InChI=1S/C31H28Br2N2O5/c1-4-38-29(36)31(13-14-31)24-11-9-21(10-12-24)20-5-7-22(8-6-20)28-27(18(2)35-40-28)34-30(37)39-19(3)23-15-25(32)17-26(33)16-23/h5-12,15-17,19H,4,13-14H2,1-3H3,(H,34,37). The van der Waals surface area contributed by atoms with E-state index in [1.54, 1.807) is 6.92 Å². The van der Waals surface area contributed by atoms with Crippen molar-refractivity contribution in [3.05, 3.63) is 92.5 Å². The first-order valence-corrected chi connectivity index (χ1v) is 14.6. The van der Waals surface area contributed by atoms with Gasteiger partial charge in [0.05, 0.1) is 12.0 Å². The van der Waals surface area contributed by atoms with Crippen LogP contribution < -0.4 is 5.32 Å². The highest BCUT2D eigenvalue weighted by Crippen LogP contribution is 2.49. The zero-order valence-electron chi connectivity index (χ0n) is 22.3. The summed E-state index contributed by atoms with van der Waals surface area (Å²) < 4.78 is 18.2. The fourth-order valence-electron chi connectivity index (χ4n) is 4.68. The minimum Gasteiger partial charge on any atom is -0.465 e. The van der Waals surface area contributed by atoms with Crippen LogP contribution in [0.15, 0.2) is 80.2 Å². The number of hydrogen-bond acceptors (Lipinski definition) is 6. The highest BCUT2D eigenvalue weighted by Gasteiger charge is 2.52. The van der Waals surface area contributed by atoms with Crippen LogP contribution in [0.25, 0.3) is 22.5 Å². The Morgan fingerprint density at radius 3 is 2.12 bits per heavy atom. The number of benzene rings is 3. The number of carbonyl (C=O) groups excluding carboxylic acids is 2. The van der Waals surface area contributed by atoms with E-state index in [0.717, 1.165) is 49.6 Å². The van der Waals surface area contributed by atoms with Crippen LogP contribution in [0, 0.1) is 6.92 Å². The molecule has 40 heavy (non-hydrogen) atoms. The third-order valence-corrected chi connectivity index (χ3v) is 7.98. The van der Waals surface area contributed by atoms with Gasteiger partial charge < -0.3 is 14.0 Å². The molecule has 0 aliphatic heterocycles. The molecule has 3 aromatic carbocycles. The molecule has 9 heteroatoms. The predicted molar refractivity (Wildman–Crippen MR) is 160 cm³/mol. The summed E-state index contributed by atoms with van der Waals surface area (Å²) in [5.41, 5.74) is 5.15. The summed E-state index contributed by atoms with van der Waals surface area (Å²) in [5.74, 6) is 0.303. The van der Waals surface area contributed by atoms with Crippen LogP contribution in [0.4, 0.5) is 10.5 Å². The molecule has 0 spiro atoms. The lowest BCUT2D eigenvalue weighted by atomic mass is 9.93. The summed E-state index contributed by atoms with van der Waals surface area (Å²) >= 11 is 6.92. The zero-order chi connectivity index (χ0) is 28.4. The van der Waals surface area contributed by atoms with Gasteiger partial charge in [-0.15, -0.1) is 0 Å². The molecule has 1 heterocycles. The van der Waals surface area contributed by atoms with E-state index >= 15 is 0 Å². The molecule has 1 amide bonds. The average Bonchev–Trinajstić information content (AvgIpc) is 3.67. The molecule has 1 atom stereocenters. The summed E-state index contributed by atoms with van der Waals surface area (Å²) in [4.78, 5) is 25.2. The second-order valence-electron chi connectivity index (χ2n) is 9.80. The van der Waals surface area contributed by atoms with Crippen molar-refractivity contribution in [3.63, 3.8) is 0 Å². The third kappa shape index (κ3) is 5.86. The van der Waals surface area contributed by atoms with Crippen LogP contribution >= 0.6 is 31.9 Å². The first-order valence-electron chi connectivity index (χ1n) is 13.0. The quantitative estimate of drug-likeness (QED) is 0.189. The van der Waals surface area contributed by atoms with Gasteiger partial charge >= 0.3 is 12.1 Å². The van der Waals surface area contributed by atoms with Crippen LogP contribution in [0.5, 0.6) is 0 Å². The van der Waals surface area contributed by atoms with Gasteiger partial charge in [0.1, 0.15) is 17.5 Å². The van der Waals surface area contributed by atoms with E-state index in [9.17, 15) is 9.59 Å². The Balaban J connectivity index is 1.28. The number of aromatic nitrogens is 1. The SMILES string of the molecule is CCOC(=O)C1(c2ccc(-c3ccc(-c4onc(C)c4NC(=O)OC(C)c4cc(Br)cc(Br)c4)cc3)cc2)CC1. The van der Waals surface area contributed by atoms with E-state index in [0.29, 0.717) is 23.7 Å². The topological polar surface area (TPSA) is 90.7 Å². The minimum atomic E-state index is -0.607. The minimum absolute atomic E-state index is 0.140. The number of halogens is 2. The number of amides is 1. The molecule has 1 aromatic heterocycles. The van der Waals surface area contributed by atoms with Crippen molar-refractivity contribution in [1.82, 2.24) is 5.16 Å². The Kier molecular flexibility index (Phi) is 8.14. The molecule has 7 nitrogen and oxygen atoms in total. The summed E-state index contributed by atoms with van der Waals surface area (Å²) in [6.45, 7) is 5.78. The molecule has 1 aliphatic carbocycles. The molecule has 0 saturated heterocycles. The van der Waals surface area contributed by atoms with Crippen LogP contribution in [0.1, 0.15) is 49.6 Å². The molecular formula is C31H28Br2N2O5. The fourth-order valence-corrected chi connectivity index (χ4v) is 6.01. The number of nitrogens with zero attached hydrogens (tertiary/aromatic N) is 1. The predicted octanol–water partition coefficient (Wildman–Crippen LogP) is 8.75. The molecule has 1 saturated carbocycles. The van der Waals surface area contributed by atoms with Crippen molar-refractivity contribution in [1.29, 1.82) is 0 Å². The van der Waals surface area contributed by atoms with Crippen molar-refractivity contribution < 1.29 is 23.6 Å². The van der Waals surface area contributed by atoms with Gasteiger partial charge in [0.15, 0.2) is 5.76 Å². The van der Waals surface area contributed by atoms with Gasteiger partial charge in [-0.2, -0.15) is 0 Å². The van der Waals surface area contributed by atoms with Gasteiger partial charge in [0.2, 0.25) is 0 Å². The van der Waals surface area contributed by atoms with E-state index in [-0.39, 0.29) is 5.97 Å². The molecule has 0 radical (unpaired) electrons. The molecule has 206 valence electrons. The smallest absolute Gasteiger partial charge is 0.412 e. The Hall–Kier alpha value is -3.43. The number of carbonyl (C=O) groups is 2. The van der Waals surface area contributed by atoms with Gasteiger partial charge in [-0.05, 0) is 74.1 Å². The third-order valence-electron chi connectivity index (χ3n) is 7.06. The van der Waals surface area contributed by atoms with Crippen molar-refractivity contribution in [2.45, 2.75) is 45.1 Å². The highest BCUT2D eigenvalue weighted by atomic mass is 79.9.